The van der Waals surface area contributed by atoms with Crippen LogP contribution in [0, 0.1) is 6.92 Å². The number of hydrogen-bond acceptors (Lipinski definition) is 4. The Morgan fingerprint density at radius 1 is 1.33 bits per heavy atom. The van der Waals surface area contributed by atoms with Gasteiger partial charge in [0.05, 0.1) is 11.9 Å². The van der Waals surface area contributed by atoms with Gasteiger partial charge in [0.1, 0.15) is 11.6 Å². The van der Waals surface area contributed by atoms with Gasteiger partial charge in [0.2, 0.25) is 0 Å². The molecule has 18 heavy (non-hydrogen) atoms. The number of nitrogens with one attached hydrogen (secondary N) is 1. The molecule has 94 valence electrons. The van der Waals surface area contributed by atoms with Crippen molar-refractivity contribution in [1.29, 1.82) is 0 Å². The van der Waals surface area contributed by atoms with E-state index in [1.54, 1.807) is 4.68 Å². The van der Waals surface area contributed by atoms with Crippen molar-refractivity contribution in [2.24, 2.45) is 7.05 Å². The van der Waals surface area contributed by atoms with Crippen molar-refractivity contribution in [3.8, 4) is 11.3 Å². The highest BCUT2D eigenvalue weighted by Crippen LogP contribution is 2.40. The van der Waals surface area contributed by atoms with Crippen LogP contribution in [-0.2, 0) is 7.05 Å². The molecule has 5 heteroatoms. The van der Waals surface area contributed by atoms with E-state index in [2.05, 4.69) is 15.4 Å². The summed E-state index contributed by atoms with van der Waals surface area (Å²) in [7, 11) is 3.82. The standard InChI is InChI=1S/C13H17N5/c1-8-11(10-6-15-18(3)7-10)16-13(9-4-5-9)17-12(8)14-2/h6-7,9H,4-5H2,1-3H3,(H,14,16,17). The third-order valence-corrected chi connectivity index (χ3v) is 3.32. The van der Waals surface area contributed by atoms with Crippen molar-refractivity contribution in [2.45, 2.75) is 25.7 Å². The maximum Gasteiger partial charge on any atom is 0.134 e. The Balaban J connectivity index is 2.14. The van der Waals surface area contributed by atoms with Gasteiger partial charge in [0.25, 0.3) is 0 Å². The normalized spacial score (nSPS) is 14.8. The van der Waals surface area contributed by atoms with Gasteiger partial charge in [-0.15, -0.1) is 0 Å². The fourth-order valence-electron chi connectivity index (χ4n) is 2.13. The van der Waals surface area contributed by atoms with E-state index in [0.717, 1.165) is 28.5 Å². The summed E-state index contributed by atoms with van der Waals surface area (Å²) in [5.41, 5.74) is 3.12. The molecule has 0 unspecified atom stereocenters. The van der Waals surface area contributed by atoms with Crippen LogP contribution >= 0.6 is 0 Å². The van der Waals surface area contributed by atoms with Crippen LogP contribution in [0.3, 0.4) is 0 Å². The molecule has 1 aliphatic rings. The SMILES string of the molecule is CNc1nc(C2CC2)nc(-c2cnn(C)c2)c1C. The second-order valence-electron chi connectivity index (χ2n) is 4.83. The largest absolute Gasteiger partial charge is 0.373 e. The second-order valence-corrected chi connectivity index (χ2v) is 4.83. The quantitative estimate of drug-likeness (QED) is 0.897. The summed E-state index contributed by atoms with van der Waals surface area (Å²) >= 11 is 0. The first-order valence-corrected chi connectivity index (χ1v) is 6.24. The first-order valence-electron chi connectivity index (χ1n) is 6.24. The molecule has 1 aliphatic carbocycles. The number of hydrogen-bond donors (Lipinski definition) is 1. The van der Waals surface area contributed by atoms with Gasteiger partial charge in [0.15, 0.2) is 0 Å². The fraction of sp³-hybridized carbons (Fsp3) is 0.462. The summed E-state index contributed by atoms with van der Waals surface area (Å²) in [5, 5.41) is 7.37. The first-order chi connectivity index (χ1) is 8.69. The molecule has 0 radical (unpaired) electrons. The van der Waals surface area contributed by atoms with Gasteiger partial charge in [-0.2, -0.15) is 5.10 Å². The predicted molar refractivity (Wildman–Crippen MR) is 70.5 cm³/mol. The van der Waals surface area contributed by atoms with E-state index < -0.39 is 0 Å². The van der Waals surface area contributed by atoms with Crippen molar-refractivity contribution in [2.75, 3.05) is 12.4 Å². The molecular formula is C13H17N5. The van der Waals surface area contributed by atoms with Crippen LogP contribution in [0.15, 0.2) is 12.4 Å². The van der Waals surface area contributed by atoms with E-state index >= 15 is 0 Å². The van der Waals surface area contributed by atoms with Gasteiger partial charge in [-0.3, -0.25) is 4.68 Å². The minimum atomic E-state index is 0.549. The minimum Gasteiger partial charge on any atom is -0.373 e. The van der Waals surface area contributed by atoms with Crippen LogP contribution in [0.25, 0.3) is 11.3 Å². The number of aryl methyl sites for hydroxylation is 1. The number of nitrogens with zero attached hydrogens (tertiary/aromatic N) is 4. The number of rotatable bonds is 3. The number of anilines is 1. The lowest BCUT2D eigenvalue weighted by Gasteiger charge is -2.10. The molecule has 0 aromatic carbocycles. The van der Waals surface area contributed by atoms with Crippen molar-refractivity contribution in [3.05, 3.63) is 23.8 Å². The molecule has 0 bridgehead atoms. The lowest BCUT2D eigenvalue weighted by atomic mass is 10.1. The second kappa shape index (κ2) is 4.08. The molecule has 1 N–H and O–H groups in total. The maximum atomic E-state index is 4.72. The van der Waals surface area contributed by atoms with Gasteiger partial charge < -0.3 is 5.32 Å². The van der Waals surface area contributed by atoms with Crippen LogP contribution in [0.2, 0.25) is 0 Å². The van der Waals surface area contributed by atoms with Crippen LogP contribution in [0.4, 0.5) is 5.82 Å². The molecule has 5 nitrogen and oxygen atoms in total. The Kier molecular flexibility index (Phi) is 2.54. The lowest BCUT2D eigenvalue weighted by molar-refractivity contribution is 0.768. The van der Waals surface area contributed by atoms with E-state index in [1.807, 2.05) is 33.4 Å². The molecule has 2 aromatic heterocycles. The van der Waals surface area contributed by atoms with E-state index in [1.165, 1.54) is 12.8 Å². The van der Waals surface area contributed by atoms with Crippen molar-refractivity contribution in [3.63, 3.8) is 0 Å². The Bertz CT molecular complexity index is 583. The van der Waals surface area contributed by atoms with E-state index in [9.17, 15) is 0 Å². The predicted octanol–water partition coefficient (Wildman–Crippen LogP) is 2.10. The molecule has 0 amide bonds. The maximum absolute atomic E-state index is 4.72. The van der Waals surface area contributed by atoms with Crippen molar-refractivity contribution < 1.29 is 0 Å². The highest BCUT2D eigenvalue weighted by Gasteiger charge is 2.28. The third kappa shape index (κ3) is 1.85. The van der Waals surface area contributed by atoms with Crippen molar-refractivity contribution in [1.82, 2.24) is 19.7 Å². The van der Waals surface area contributed by atoms with Gasteiger partial charge in [-0.05, 0) is 19.8 Å². The van der Waals surface area contributed by atoms with Crippen LogP contribution < -0.4 is 5.32 Å². The summed E-state index contributed by atoms with van der Waals surface area (Å²) in [5.74, 6) is 2.43. The third-order valence-electron chi connectivity index (χ3n) is 3.32. The Morgan fingerprint density at radius 2 is 2.11 bits per heavy atom. The summed E-state index contributed by atoms with van der Waals surface area (Å²) in [6.45, 7) is 2.05. The van der Waals surface area contributed by atoms with Crippen LogP contribution in [-0.4, -0.2) is 26.8 Å². The zero-order valence-electron chi connectivity index (χ0n) is 10.9. The first kappa shape index (κ1) is 11.2. The highest BCUT2D eigenvalue weighted by atomic mass is 15.2. The smallest absolute Gasteiger partial charge is 0.134 e. The van der Waals surface area contributed by atoms with Crippen molar-refractivity contribution >= 4 is 5.82 Å². The topological polar surface area (TPSA) is 55.6 Å². The number of aromatic nitrogens is 4. The van der Waals surface area contributed by atoms with E-state index in [4.69, 9.17) is 4.98 Å². The summed E-state index contributed by atoms with van der Waals surface area (Å²) in [6, 6.07) is 0. The Hall–Kier alpha value is -1.91. The van der Waals surface area contributed by atoms with E-state index in [-0.39, 0.29) is 0 Å². The average Bonchev–Trinajstić information content (AvgIpc) is 3.12. The molecule has 1 saturated carbocycles. The molecule has 2 aromatic rings. The monoisotopic (exact) mass is 243 g/mol. The molecule has 3 rings (SSSR count). The molecule has 0 atom stereocenters. The van der Waals surface area contributed by atoms with Crippen LogP contribution in [0.1, 0.15) is 30.1 Å². The molecule has 2 heterocycles. The molecule has 0 saturated heterocycles. The Labute approximate surface area is 106 Å². The zero-order valence-corrected chi connectivity index (χ0v) is 10.9. The van der Waals surface area contributed by atoms with Gasteiger partial charge in [-0.1, -0.05) is 0 Å². The molecule has 0 aliphatic heterocycles. The molecular weight excluding hydrogens is 226 g/mol. The van der Waals surface area contributed by atoms with Gasteiger partial charge in [-0.25, -0.2) is 9.97 Å². The summed E-state index contributed by atoms with van der Waals surface area (Å²) in [4.78, 5) is 9.32. The molecule has 0 spiro atoms. The van der Waals surface area contributed by atoms with Gasteiger partial charge in [0, 0.05) is 37.3 Å². The zero-order chi connectivity index (χ0) is 12.7. The minimum absolute atomic E-state index is 0.549. The summed E-state index contributed by atoms with van der Waals surface area (Å²) in [6.07, 6.45) is 6.26. The van der Waals surface area contributed by atoms with E-state index in [0.29, 0.717) is 5.92 Å². The van der Waals surface area contributed by atoms with Gasteiger partial charge >= 0.3 is 0 Å². The average molecular weight is 243 g/mol. The van der Waals surface area contributed by atoms with Crippen LogP contribution in [0.5, 0.6) is 0 Å². The molecule has 1 fully saturated rings. The fourth-order valence-corrected chi connectivity index (χ4v) is 2.13. The lowest BCUT2D eigenvalue weighted by Crippen LogP contribution is -2.04. The Morgan fingerprint density at radius 3 is 2.67 bits per heavy atom. The summed E-state index contributed by atoms with van der Waals surface area (Å²) < 4.78 is 1.80. The highest BCUT2D eigenvalue weighted by molar-refractivity contribution is 5.67.